The number of ether oxygens (including phenoxy) is 1. The normalized spacial score (nSPS) is 11.7. The molecule has 0 atom stereocenters. The van der Waals surface area contributed by atoms with Crippen LogP contribution < -0.4 is 5.56 Å². The summed E-state index contributed by atoms with van der Waals surface area (Å²) in [6.07, 6.45) is 1.48. The number of carbonyl (C=O) groups is 1. The van der Waals surface area contributed by atoms with Crippen LogP contribution in [0.5, 0.6) is 0 Å². The largest absolute Gasteiger partial charge is 0.456 e. The van der Waals surface area contributed by atoms with Crippen molar-refractivity contribution in [1.29, 1.82) is 0 Å². The summed E-state index contributed by atoms with van der Waals surface area (Å²) in [5.74, 6) is -0.532. The van der Waals surface area contributed by atoms with Crippen LogP contribution in [0.25, 0.3) is 11.0 Å². The molecule has 6 nitrogen and oxygen atoms in total. The molecule has 2 heterocycles. The molecule has 0 saturated heterocycles. The maximum absolute atomic E-state index is 11.9. The van der Waals surface area contributed by atoms with Gasteiger partial charge in [0.25, 0.3) is 0 Å². The lowest BCUT2D eigenvalue weighted by Gasteiger charge is -2.19. The Morgan fingerprint density at radius 2 is 2.12 bits per heavy atom. The summed E-state index contributed by atoms with van der Waals surface area (Å²) in [5.41, 5.74) is -0.344. The van der Waals surface area contributed by atoms with Crippen LogP contribution in [-0.2, 0) is 4.74 Å². The maximum Gasteiger partial charge on any atom is 0.339 e. The van der Waals surface area contributed by atoms with Crippen molar-refractivity contribution in [2.75, 3.05) is 0 Å². The molecule has 2 aromatic heterocycles. The molecule has 0 amide bonds. The average Bonchev–Trinajstić information content (AvgIpc) is 2.60. The van der Waals surface area contributed by atoms with Crippen molar-refractivity contribution < 1.29 is 9.53 Å². The fourth-order valence-electron chi connectivity index (χ4n) is 1.46. The van der Waals surface area contributed by atoms with E-state index in [9.17, 15) is 9.59 Å². The van der Waals surface area contributed by atoms with E-state index in [4.69, 9.17) is 4.74 Å². The Kier molecular flexibility index (Phi) is 2.49. The Morgan fingerprint density at radius 3 is 2.76 bits per heavy atom. The van der Waals surface area contributed by atoms with E-state index >= 15 is 0 Å². The van der Waals surface area contributed by atoms with Crippen LogP contribution in [0.4, 0.5) is 0 Å². The number of esters is 1. The third-order valence-electron chi connectivity index (χ3n) is 2.07. The number of aromatic amines is 2. The minimum Gasteiger partial charge on any atom is -0.456 e. The lowest BCUT2D eigenvalue weighted by atomic mass is 10.1. The van der Waals surface area contributed by atoms with Gasteiger partial charge in [0.2, 0.25) is 5.56 Å². The zero-order valence-electron chi connectivity index (χ0n) is 9.83. The Hall–Kier alpha value is -2.11. The zero-order valence-corrected chi connectivity index (χ0v) is 9.83. The van der Waals surface area contributed by atoms with Crippen molar-refractivity contribution in [1.82, 2.24) is 15.2 Å². The lowest BCUT2D eigenvalue weighted by Crippen LogP contribution is -2.25. The number of H-pyrrole nitrogens is 2. The van der Waals surface area contributed by atoms with E-state index < -0.39 is 11.6 Å². The van der Waals surface area contributed by atoms with Crippen molar-refractivity contribution in [3.05, 3.63) is 28.2 Å². The highest BCUT2D eigenvalue weighted by molar-refractivity contribution is 6.02. The van der Waals surface area contributed by atoms with Crippen molar-refractivity contribution in [3.8, 4) is 0 Å². The molecule has 0 aromatic carbocycles. The van der Waals surface area contributed by atoms with Crippen LogP contribution in [0, 0.1) is 0 Å². The molecule has 0 bridgehead atoms. The number of nitrogens with one attached hydrogen (secondary N) is 2. The molecule has 2 aromatic rings. The highest BCUT2D eigenvalue weighted by Gasteiger charge is 2.20. The molecule has 0 aliphatic carbocycles. The van der Waals surface area contributed by atoms with Crippen LogP contribution >= 0.6 is 0 Å². The molecule has 6 heteroatoms. The molecule has 0 unspecified atom stereocenters. The van der Waals surface area contributed by atoms with Gasteiger partial charge in [0.1, 0.15) is 11.2 Å². The molecule has 0 saturated carbocycles. The van der Waals surface area contributed by atoms with E-state index in [1.54, 1.807) is 20.8 Å². The van der Waals surface area contributed by atoms with E-state index in [-0.39, 0.29) is 11.1 Å². The van der Waals surface area contributed by atoms with Gasteiger partial charge in [-0.25, -0.2) is 4.79 Å². The van der Waals surface area contributed by atoms with Crippen LogP contribution in [-0.4, -0.2) is 26.8 Å². The minimum absolute atomic E-state index is 0.215. The number of hydrogen-bond donors (Lipinski definition) is 2. The number of aromatic nitrogens is 3. The number of pyridine rings is 1. The molecule has 0 fully saturated rings. The van der Waals surface area contributed by atoms with Crippen LogP contribution in [0.15, 0.2) is 17.1 Å². The molecule has 90 valence electrons. The summed E-state index contributed by atoms with van der Waals surface area (Å²) in [6, 6.07) is 1.21. The molecule has 0 radical (unpaired) electrons. The van der Waals surface area contributed by atoms with Gasteiger partial charge in [0, 0.05) is 6.07 Å². The SMILES string of the molecule is CC(C)(C)OC(=O)c1cc(=O)[nH]c2[nH]ncc12. The lowest BCUT2D eigenvalue weighted by molar-refractivity contribution is 0.00716. The molecular weight excluding hydrogens is 222 g/mol. The summed E-state index contributed by atoms with van der Waals surface area (Å²) >= 11 is 0. The van der Waals surface area contributed by atoms with Gasteiger partial charge >= 0.3 is 5.97 Å². The van der Waals surface area contributed by atoms with Crippen LogP contribution in [0.2, 0.25) is 0 Å². The quantitative estimate of drug-likeness (QED) is 0.727. The van der Waals surface area contributed by atoms with Gasteiger partial charge in [0.05, 0.1) is 17.1 Å². The smallest absolute Gasteiger partial charge is 0.339 e. The molecule has 0 spiro atoms. The third-order valence-corrected chi connectivity index (χ3v) is 2.07. The predicted octanol–water partition coefficient (Wildman–Crippen LogP) is 1.21. The Bertz CT molecular complexity index is 619. The van der Waals surface area contributed by atoms with Gasteiger partial charge in [-0.1, -0.05) is 0 Å². The molecule has 2 N–H and O–H groups in total. The molecule has 0 aliphatic rings. The topological polar surface area (TPSA) is 87.8 Å². The van der Waals surface area contributed by atoms with Gasteiger partial charge in [0.15, 0.2) is 0 Å². The van der Waals surface area contributed by atoms with E-state index in [1.165, 1.54) is 12.3 Å². The summed E-state index contributed by atoms with van der Waals surface area (Å²) < 4.78 is 5.22. The summed E-state index contributed by atoms with van der Waals surface area (Å²) in [6.45, 7) is 5.31. The molecular formula is C11H13N3O3. The predicted molar refractivity (Wildman–Crippen MR) is 61.9 cm³/mol. The number of nitrogens with zero attached hydrogens (tertiary/aromatic N) is 1. The maximum atomic E-state index is 11.9. The first kappa shape index (κ1) is 11.4. The van der Waals surface area contributed by atoms with Gasteiger partial charge < -0.3 is 9.72 Å². The second-order valence-electron chi connectivity index (χ2n) is 4.71. The number of fused-ring (bicyclic) bond motifs is 1. The Labute approximate surface area is 97.0 Å². The standard InChI is InChI=1S/C11H13N3O3/c1-11(2,3)17-10(16)6-4-8(15)13-9-7(6)5-12-14-9/h4-5H,1-3H3,(H2,12,13,14,15). The monoisotopic (exact) mass is 235 g/mol. The minimum atomic E-state index is -0.601. The summed E-state index contributed by atoms with van der Waals surface area (Å²) in [5, 5.41) is 6.92. The molecule has 2 rings (SSSR count). The van der Waals surface area contributed by atoms with Crippen molar-refractivity contribution in [2.45, 2.75) is 26.4 Å². The molecule has 0 aliphatic heterocycles. The van der Waals surface area contributed by atoms with Crippen molar-refractivity contribution >= 4 is 17.0 Å². The van der Waals surface area contributed by atoms with Crippen molar-refractivity contribution in [2.24, 2.45) is 0 Å². The van der Waals surface area contributed by atoms with E-state index in [0.29, 0.717) is 11.0 Å². The highest BCUT2D eigenvalue weighted by Crippen LogP contribution is 2.16. The number of hydrogen-bond acceptors (Lipinski definition) is 4. The number of carbonyl (C=O) groups excluding carboxylic acids is 1. The van der Waals surface area contributed by atoms with E-state index in [2.05, 4.69) is 15.2 Å². The molecule has 17 heavy (non-hydrogen) atoms. The van der Waals surface area contributed by atoms with Gasteiger partial charge in [-0.05, 0) is 20.8 Å². The summed E-state index contributed by atoms with van der Waals surface area (Å²) in [4.78, 5) is 25.8. The first-order valence-electron chi connectivity index (χ1n) is 5.16. The van der Waals surface area contributed by atoms with Crippen LogP contribution in [0.1, 0.15) is 31.1 Å². The summed E-state index contributed by atoms with van der Waals surface area (Å²) in [7, 11) is 0. The van der Waals surface area contributed by atoms with Crippen molar-refractivity contribution in [3.63, 3.8) is 0 Å². The zero-order chi connectivity index (χ0) is 12.6. The third kappa shape index (κ3) is 2.35. The Morgan fingerprint density at radius 1 is 1.41 bits per heavy atom. The second-order valence-corrected chi connectivity index (χ2v) is 4.71. The number of rotatable bonds is 1. The first-order valence-corrected chi connectivity index (χ1v) is 5.16. The van der Waals surface area contributed by atoms with Gasteiger partial charge in [-0.2, -0.15) is 5.10 Å². The second kappa shape index (κ2) is 3.73. The fraction of sp³-hybridized carbons (Fsp3) is 0.364. The van der Waals surface area contributed by atoms with E-state index in [0.717, 1.165) is 0 Å². The van der Waals surface area contributed by atoms with Gasteiger partial charge in [-0.3, -0.25) is 9.89 Å². The Balaban J connectivity index is 2.51. The van der Waals surface area contributed by atoms with Crippen LogP contribution in [0.3, 0.4) is 0 Å². The average molecular weight is 235 g/mol. The van der Waals surface area contributed by atoms with Gasteiger partial charge in [-0.15, -0.1) is 0 Å². The first-order chi connectivity index (χ1) is 7.87. The highest BCUT2D eigenvalue weighted by atomic mass is 16.6. The van der Waals surface area contributed by atoms with E-state index in [1.807, 2.05) is 0 Å². The fourth-order valence-corrected chi connectivity index (χ4v) is 1.46.